The predicted molar refractivity (Wildman–Crippen MR) is 108 cm³/mol. The fourth-order valence-electron chi connectivity index (χ4n) is 1.97. The number of carbonyl (C=O) groups is 3. The van der Waals surface area contributed by atoms with Crippen LogP contribution in [0.4, 0.5) is 0 Å². The van der Waals surface area contributed by atoms with Gasteiger partial charge in [0.05, 0.1) is 0 Å². The van der Waals surface area contributed by atoms with Crippen molar-refractivity contribution in [1.29, 1.82) is 0 Å². The molecule has 0 saturated heterocycles. The van der Waals surface area contributed by atoms with Crippen molar-refractivity contribution < 1.29 is 41.6 Å². The Morgan fingerprint density at radius 1 is 1.00 bits per heavy atom. The van der Waals surface area contributed by atoms with Crippen LogP contribution in [0.1, 0.15) is 40.5 Å². The van der Waals surface area contributed by atoms with Gasteiger partial charge in [-0.05, 0) is 27.2 Å². The predicted octanol–water partition coefficient (Wildman–Crippen LogP) is 1.18. The van der Waals surface area contributed by atoms with Gasteiger partial charge in [-0.3, -0.25) is 9.35 Å². The summed E-state index contributed by atoms with van der Waals surface area (Å²) in [7, 11) is -4.40. The van der Waals surface area contributed by atoms with E-state index < -0.39 is 58.5 Å². The normalized spacial score (nSPS) is 12.2. The Morgan fingerprint density at radius 3 is 1.72 bits per heavy atom. The number of rotatable bonds is 12. The van der Waals surface area contributed by atoms with E-state index in [9.17, 15) is 22.8 Å². The molecule has 0 aromatic rings. The van der Waals surface area contributed by atoms with Crippen molar-refractivity contribution in [3.63, 3.8) is 0 Å². The Balaban J connectivity index is 0. The summed E-state index contributed by atoms with van der Waals surface area (Å²) >= 11 is 0. The monoisotopic (exact) mass is 428 g/mol. The summed E-state index contributed by atoms with van der Waals surface area (Å²) in [6, 6.07) is 0. The summed E-state index contributed by atoms with van der Waals surface area (Å²) in [5.74, 6) is -2.41. The number of hydrogen-bond donors (Lipinski definition) is 1. The van der Waals surface area contributed by atoms with Gasteiger partial charge in [-0.15, -0.1) is 0 Å². The average molecular weight is 428 g/mol. The molecule has 0 aliphatic rings. The molecule has 0 rings (SSSR count). The van der Waals surface area contributed by atoms with E-state index in [4.69, 9.17) is 18.8 Å². The van der Waals surface area contributed by atoms with Gasteiger partial charge in [-0.1, -0.05) is 26.5 Å². The van der Waals surface area contributed by atoms with Crippen molar-refractivity contribution in [2.45, 2.75) is 45.8 Å². The molecule has 0 bridgehead atoms. The second-order valence-corrected chi connectivity index (χ2v) is 8.50. The maximum atomic E-state index is 12.7. The molecule has 1 atom stereocenters. The molecule has 9 nitrogen and oxygen atoms in total. The molecule has 0 aromatic heterocycles. The zero-order chi connectivity index (χ0) is 22.1. The van der Waals surface area contributed by atoms with Gasteiger partial charge in [-0.2, -0.15) is 8.42 Å². The Hall–Kier alpha value is -1.60. The summed E-state index contributed by atoms with van der Waals surface area (Å²) in [5, 5.41) is -1.35. The van der Waals surface area contributed by atoms with Gasteiger partial charge in [0.1, 0.15) is 30.5 Å². The van der Waals surface area contributed by atoms with Gasteiger partial charge in [-0.25, -0.2) is 9.59 Å². The first-order valence-electron chi connectivity index (χ1n) is 8.55. The molecule has 0 aliphatic carbocycles. The Morgan fingerprint density at radius 2 is 1.41 bits per heavy atom. The fourth-order valence-corrected chi connectivity index (χ4v) is 2.21. The molecule has 29 heavy (non-hydrogen) atoms. The van der Waals surface area contributed by atoms with Gasteiger partial charge in [0, 0.05) is 11.1 Å². The number of carbonyl (C=O) groups excluding carboxylic acids is 3. The second kappa shape index (κ2) is 12.9. The van der Waals surface area contributed by atoms with Crippen LogP contribution in [0.5, 0.6) is 0 Å². The van der Waals surface area contributed by atoms with Crippen LogP contribution >= 0.6 is 0 Å². The van der Waals surface area contributed by atoms with E-state index in [1.807, 2.05) is 0 Å². The SMILES string of the molecule is C=C(C)C(=O)OCC(CCC)(COC(=O)C(=C)C)C(=O)OCC(C)S(=O)(=O)O.[LiH]. The maximum absolute atomic E-state index is 12.7. The van der Waals surface area contributed by atoms with Gasteiger partial charge in [0.25, 0.3) is 10.1 Å². The van der Waals surface area contributed by atoms with Gasteiger partial charge in [0.2, 0.25) is 0 Å². The van der Waals surface area contributed by atoms with Crippen LogP contribution in [0.15, 0.2) is 24.3 Å². The van der Waals surface area contributed by atoms with Crippen molar-refractivity contribution in [3.05, 3.63) is 24.3 Å². The van der Waals surface area contributed by atoms with Crippen LogP contribution < -0.4 is 0 Å². The minimum atomic E-state index is -4.40. The Labute approximate surface area is 183 Å². The van der Waals surface area contributed by atoms with E-state index in [1.54, 1.807) is 6.92 Å². The number of esters is 3. The summed E-state index contributed by atoms with van der Waals surface area (Å²) < 4.78 is 46.4. The third kappa shape index (κ3) is 10.1. The molecule has 0 heterocycles. The summed E-state index contributed by atoms with van der Waals surface area (Å²) in [6.07, 6.45) is 0.567. The summed E-state index contributed by atoms with van der Waals surface area (Å²) in [6.45, 7) is 11.1. The van der Waals surface area contributed by atoms with E-state index in [0.29, 0.717) is 6.42 Å². The van der Waals surface area contributed by atoms with Crippen LogP contribution in [0, 0.1) is 5.41 Å². The standard InChI is InChI=1S/C18H28O9S.Li.H/c1-7-8-18(10-26-15(19)12(2)3,11-27-16(20)13(4)5)17(21)25-9-14(6)28(22,23)24;;/h14H,2,4,7-11H2,1,3,5-6H3,(H,22,23,24);;. The fraction of sp³-hybridized carbons (Fsp3) is 0.611. The molecule has 0 saturated carbocycles. The molecular weight excluding hydrogens is 399 g/mol. The molecule has 1 N–H and O–H groups in total. The van der Waals surface area contributed by atoms with Crippen molar-refractivity contribution in [2.75, 3.05) is 19.8 Å². The first kappa shape index (κ1) is 29.6. The molecule has 11 heteroatoms. The second-order valence-electron chi connectivity index (χ2n) is 6.67. The first-order chi connectivity index (χ1) is 12.8. The number of hydrogen-bond acceptors (Lipinski definition) is 8. The van der Waals surface area contributed by atoms with Gasteiger partial charge in [0.15, 0.2) is 0 Å². The molecule has 0 amide bonds. The van der Waals surface area contributed by atoms with Crippen molar-refractivity contribution in [3.8, 4) is 0 Å². The van der Waals surface area contributed by atoms with Crippen LogP contribution in [-0.2, 0) is 38.7 Å². The van der Waals surface area contributed by atoms with Crippen molar-refractivity contribution in [1.82, 2.24) is 0 Å². The van der Waals surface area contributed by atoms with Crippen molar-refractivity contribution >= 4 is 46.9 Å². The molecule has 0 radical (unpaired) electrons. The Bertz CT molecular complexity index is 698. The van der Waals surface area contributed by atoms with E-state index in [0.717, 1.165) is 6.92 Å². The van der Waals surface area contributed by atoms with E-state index in [2.05, 4.69) is 13.2 Å². The molecule has 0 fully saturated rings. The number of ether oxygens (including phenoxy) is 3. The van der Waals surface area contributed by atoms with Gasteiger partial charge < -0.3 is 14.2 Å². The van der Waals surface area contributed by atoms with Gasteiger partial charge >= 0.3 is 36.8 Å². The molecule has 1 unspecified atom stereocenters. The van der Waals surface area contributed by atoms with E-state index >= 15 is 0 Å². The third-order valence-corrected chi connectivity index (χ3v) is 4.93. The zero-order valence-corrected chi connectivity index (χ0v) is 17.5. The summed E-state index contributed by atoms with van der Waals surface area (Å²) in [5.41, 5.74) is -1.33. The third-order valence-electron chi connectivity index (χ3n) is 3.78. The molecule has 0 aliphatic heterocycles. The van der Waals surface area contributed by atoms with Crippen LogP contribution in [0.25, 0.3) is 0 Å². The molecule has 0 aromatic carbocycles. The topological polar surface area (TPSA) is 133 Å². The molecular formula is C18H29LiO9S. The van der Waals surface area contributed by atoms with Crippen LogP contribution in [-0.4, -0.2) is 74.8 Å². The quantitative estimate of drug-likeness (QED) is 0.160. The van der Waals surface area contributed by atoms with Crippen molar-refractivity contribution in [2.24, 2.45) is 5.41 Å². The molecule has 162 valence electrons. The van der Waals surface area contributed by atoms with Crippen LogP contribution in [0.2, 0.25) is 0 Å². The van der Waals surface area contributed by atoms with Crippen LogP contribution in [0.3, 0.4) is 0 Å². The molecule has 0 spiro atoms. The first-order valence-corrected chi connectivity index (χ1v) is 10.1. The zero-order valence-electron chi connectivity index (χ0n) is 16.6. The summed E-state index contributed by atoms with van der Waals surface area (Å²) in [4.78, 5) is 36.2. The average Bonchev–Trinajstić information content (AvgIpc) is 2.59. The Kier molecular flexibility index (Phi) is 13.1. The van der Waals surface area contributed by atoms with E-state index in [1.165, 1.54) is 13.8 Å². The minimum absolute atomic E-state index is 0. The van der Waals surface area contributed by atoms with E-state index in [-0.39, 0.29) is 36.4 Å².